The minimum atomic E-state index is -0.522. The Labute approximate surface area is 158 Å². The van der Waals surface area contributed by atoms with Crippen LogP contribution in [0.4, 0.5) is 16.5 Å². The molecule has 2 amide bonds. The maximum Gasteiger partial charge on any atom is 0.293 e. The minimum absolute atomic E-state index is 0.0217. The summed E-state index contributed by atoms with van der Waals surface area (Å²) in [5.74, 6) is -1.04. The molecule has 10 nitrogen and oxygen atoms in total. The van der Waals surface area contributed by atoms with Gasteiger partial charge < -0.3 is 15.4 Å². The van der Waals surface area contributed by atoms with Crippen LogP contribution in [0.25, 0.3) is 0 Å². The first-order valence-corrected chi connectivity index (χ1v) is 8.97. The lowest BCUT2D eigenvalue weighted by molar-refractivity contribution is -0.384. The number of hydrogen-bond acceptors (Lipinski definition) is 8. The quantitative estimate of drug-likeness (QED) is 0.556. The molecule has 0 unspecified atom stereocenters. The highest BCUT2D eigenvalue weighted by Gasteiger charge is 2.23. The van der Waals surface area contributed by atoms with Gasteiger partial charge in [0.15, 0.2) is 5.13 Å². The van der Waals surface area contributed by atoms with E-state index in [0.717, 1.165) is 11.3 Å². The molecule has 2 heterocycles. The number of nitrogens with two attached hydrogens (primary N) is 1. The molecule has 27 heavy (non-hydrogen) atoms. The van der Waals surface area contributed by atoms with Crippen molar-refractivity contribution in [3.63, 3.8) is 0 Å². The van der Waals surface area contributed by atoms with E-state index in [1.807, 2.05) is 4.90 Å². The van der Waals surface area contributed by atoms with Gasteiger partial charge in [-0.05, 0) is 12.1 Å². The van der Waals surface area contributed by atoms with E-state index in [-0.39, 0.29) is 22.8 Å². The maximum absolute atomic E-state index is 12.4. The average Bonchev–Trinajstić information content (AvgIpc) is 3.07. The number of anilines is 2. The van der Waals surface area contributed by atoms with Crippen LogP contribution >= 0.6 is 11.3 Å². The summed E-state index contributed by atoms with van der Waals surface area (Å²) in [4.78, 5) is 40.2. The fourth-order valence-electron chi connectivity index (χ4n) is 2.68. The van der Waals surface area contributed by atoms with E-state index in [1.54, 1.807) is 11.4 Å². The van der Waals surface area contributed by atoms with E-state index in [0.29, 0.717) is 37.7 Å². The smallest absolute Gasteiger partial charge is 0.293 e. The summed E-state index contributed by atoms with van der Waals surface area (Å²) in [6.07, 6.45) is -0.0217. The summed E-state index contributed by atoms with van der Waals surface area (Å²) in [6, 6.07) is 4.35. The zero-order valence-electron chi connectivity index (χ0n) is 14.2. The molecule has 142 valence electrons. The molecule has 0 atom stereocenters. The monoisotopic (exact) mass is 391 g/mol. The van der Waals surface area contributed by atoms with Gasteiger partial charge in [-0.2, -0.15) is 0 Å². The zero-order chi connectivity index (χ0) is 19.4. The largest absolute Gasteiger partial charge is 0.378 e. The number of primary amides is 1. The second kappa shape index (κ2) is 8.10. The molecule has 0 saturated carbocycles. The van der Waals surface area contributed by atoms with Crippen LogP contribution in [0.15, 0.2) is 23.6 Å². The van der Waals surface area contributed by atoms with Crippen LogP contribution in [0.2, 0.25) is 0 Å². The molecule has 11 heteroatoms. The molecular weight excluding hydrogens is 374 g/mol. The van der Waals surface area contributed by atoms with Gasteiger partial charge in [0.25, 0.3) is 11.6 Å². The Morgan fingerprint density at radius 1 is 1.37 bits per heavy atom. The Morgan fingerprint density at radius 2 is 2.11 bits per heavy atom. The van der Waals surface area contributed by atoms with Crippen LogP contribution < -0.4 is 16.0 Å². The molecule has 0 spiro atoms. The predicted molar refractivity (Wildman–Crippen MR) is 99.1 cm³/mol. The minimum Gasteiger partial charge on any atom is -0.378 e. The molecule has 3 rings (SSSR count). The summed E-state index contributed by atoms with van der Waals surface area (Å²) >= 11 is 1.14. The van der Waals surface area contributed by atoms with Crippen molar-refractivity contribution in [2.24, 2.45) is 5.73 Å². The second-order valence-electron chi connectivity index (χ2n) is 5.80. The van der Waals surface area contributed by atoms with Crippen molar-refractivity contribution in [3.8, 4) is 0 Å². The first-order valence-electron chi connectivity index (χ1n) is 8.09. The molecule has 1 fully saturated rings. The van der Waals surface area contributed by atoms with Crippen molar-refractivity contribution >= 4 is 39.7 Å². The van der Waals surface area contributed by atoms with E-state index < -0.39 is 16.7 Å². The molecule has 0 bridgehead atoms. The summed E-state index contributed by atoms with van der Waals surface area (Å²) in [7, 11) is 0. The van der Waals surface area contributed by atoms with E-state index >= 15 is 0 Å². The van der Waals surface area contributed by atoms with Crippen LogP contribution in [-0.2, 0) is 16.0 Å². The number of aromatic nitrogens is 1. The summed E-state index contributed by atoms with van der Waals surface area (Å²) in [5, 5.41) is 15.9. The van der Waals surface area contributed by atoms with Gasteiger partial charge in [-0.3, -0.25) is 25.0 Å². The van der Waals surface area contributed by atoms with Gasteiger partial charge in [0.2, 0.25) is 5.91 Å². The van der Waals surface area contributed by atoms with Crippen molar-refractivity contribution in [1.82, 2.24) is 4.98 Å². The van der Waals surface area contributed by atoms with Gasteiger partial charge in [0, 0.05) is 30.1 Å². The number of carbonyl (C=O) groups excluding carboxylic acids is 2. The number of rotatable bonds is 6. The van der Waals surface area contributed by atoms with Crippen LogP contribution in [-0.4, -0.2) is 48.0 Å². The molecule has 0 aliphatic carbocycles. The summed E-state index contributed by atoms with van der Waals surface area (Å²) in [5.41, 5.74) is 6.02. The summed E-state index contributed by atoms with van der Waals surface area (Å²) < 4.78 is 5.27. The third kappa shape index (κ3) is 4.57. The molecule has 0 radical (unpaired) electrons. The van der Waals surface area contributed by atoms with Crippen LogP contribution in [0, 0.1) is 10.1 Å². The number of carbonyl (C=O) groups is 2. The van der Waals surface area contributed by atoms with Crippen LogP contribution in [0.1, 0.15) is 16.1 Å². The molecular formula is C16H17N5O5S. The number of benzene rings is 1. The third-order valence-electron chi connectivity index (χ3n) is 3.91. The molecule has 3 N–H and O–H groups in total. The van der Waals surface area contributed by atoms with Gasteiger partial charge in [-0.15, -0.1) is 11.3 Å². The molecule has 1 aromatic heterocycles. The number of ether oxygens (including phenoxy) is 1. The number of thiazole rings is 1. The van der Waals surface area contributed by atoms with Gasteiger partial charge in [0.05, 0.1) is 30.3 Å². The standard InChI is InChI=1S/C16H17N5O5S/c17-14(22)8-11-9-27-16(18-11)19-15(23)10-1-2-12(13(7-10)21(24)25)20-3-5-26-6-4-20/h1-2,7,9H,3-6,8H2,(H2,17,22)(H,18,19,23). The number of nitrogens with zero attached hydrogens (tertiary/aromatic N) is 3. The fraction of sp³-hybridized carbons (Fsp3) is 0.312. The van der Waals surface area contributed by atoms with Crippen LogP contribution in [0.3, 0.4) is 0 Å². The lowest BCUT2D eigenvalue weighted by Gasteiger charge is -2.28. The Balaban J connectivity index is 1.78. The number of nitrogens with one attached hydrogen (secondary N) is 1. The van der Waals surface area contributed by atoms with Gasteiger partial charge in [0.1, 0.15) is 5.69 Å². The van der Waals surface area contributed by atoms with Crippen molar-refractivity contribution in [1.29, 1.82) is 0 Å². The van der Waals surface area contributed by atoms with E-state index in [9.17, 15) is 19.7 Å². The Hall–Kier alpha value is -3.05. The first kappa shape index (κ1) is 18.7. The lowest BCUT2D eigenvalue weighted by atomic mass is 10.1. The summed E-state index contributed by atoms with van der Waals surface area (Å²) in [6.45, 7) is 2.09. The van der Waals surface area contributed by atoms with Crippen molar-refractivity contribution in [3.05, 3.63) is 45.0 Å². The Kier molecular flexibility index (Phi) is 5.62. The topological polar surface area (TPSA) is 141 Å². The Bertz CT molecular complexity index is 878. The maximum atomic E-state index is 12.4. The van der Waals surface area contributed by atoms with Crippen molar-refractivity contribution in [2.45, 2.75) is 6.42 Å². The molecule has 1 saturated heterocycles. The third-order valence-corrected chi connectivity index (χ3v) is 4.72. The second-order valence-corrected chi connectivity index (χ2v) is 6.66. The SMILES string of the molecule is NC(=O)Cc1csc(NC(=O)c2ccc(N3CCOCC3)c([N+](=O)[O-])c2)n1. The highest BCUT2D eigenvalue weighted by molar-refractivity contribution is 7.14. The highest BCUT2D eigenvalue weighted by Crippen LogP contribution is 2.30. The van der Waals surface area contributed by atoms with Crippen molar-refractivity contribution in [2.75, 3.05) is 36.5 Å². The molecule has 1 aliphatic heterocycles. The van der Waals surface area contributed by atoms with Gasteiger partial charge >= 0.3 is 0 Å². The van der Waals surface area contributed by atoms with E-state index in [2.05, 4.69) is 10.3 Å². The molecule has 2 aromatic rings. The van der Waals surface area contributed by atoms with E-state index in [4.69, 9.17) is 10.5 Å². The molecule has 1 aliphatic rings. The van der Waals surface area contributed by atoms with Crippen LogP contribution in [0.5, 0.6) is 0 Å². The van der Waals surface area contributed by atoms with Gasteiger partial charge in [-0.25, -0.2) is 4.98 Å². The normalized spacial score (nSPS) is 14.0. The fourth-order valence-corrected chi connectivity index (χ4v) is 3.38. The number of morpholine rings is 1. The lowest BCUT2D eigenvalue weighted by Crippen LogP contribution is -2.36. The number of nitro benzene ring substituents is 1. The predicted octanol–water partition coefficient (Wildman–Crippen LogP) is 1.17. The number of hydrogen-bond donors (Lipinski definition) is 2. The first-order chi connectivity index (χ1) is 12.9. The number of nitro groups is 1. The highest BCUT2D eigenvalue weighted by atomic mass is 32.1. The molecule has 1 aromatic carbocycles. The van der Waals surface area contributed by atoms with Crippen molar-refractivity contribution < 1.29 is 19.2 Å². The zero-order valence-corrected chi connectivity index (χ0v) is 15.0. The number of amides is 2. The van der Waals surface area contributed by atoms with E-state index in [1.165, 1.54) is 12.1 Å². The average molecular weight is 391 g/mol. The van der Waals surface area contributed by atoms with Gasteiger partial charge in [-0.1, -0.05) is 0 Å². The Morgan fingerprint density at radius 3 is 2.78 bits per heavy atom.